The van der Waals surface area contributed by atoms with Gasteiger partial charge in [-0.25, -0.2) is 4.98 Å². The normalized spacial score (nSPS) is 10.8. The number of benzene rings is 1. The van der Waals surface area contributed by atoms with Gasteiger partial charge in [-0.15, -0.1) is 11.3 Å². The summed E-state index contributed by atoms with van der Waals surface area (Å²) in [6.07, 6.45) is 3.50. The van der Waals surface area contributed by atoms with Crippen LogP contribution in [0.2, 0.25) is 9.49 Å². The molecule has 0 atom stereocenters. The summed E-state index contributed by atoms with van der Waals surface area (Å²) in [5, 5.41) is 4.96. The molecule has 0 aliphatic carbocycles. The number of halogens is 2. The van der Waals surface area contributed by atoms with Gasteiger partial charge >= 0.3 is 0 Å². The number of aromatic nitrogens is 2. The first kappa shape index (κ1) is 12.7. The van der Waals surface area contributed by atoms with Gasteiger partial charge in [0.1, 0.15) is 0 Å². The number of fused-ring (bicyclic) bond motifs is 1. The third-order valence-corrected chi connectivity index (χ3v) is 4.05. The number of nitrogens with one attached hydrogen (secondary N) is 1. The molecule has 0 spiro atoms. The van der Waals surface area contributed by atoms with E-state index in [-0.39, 0.29) is 0 Å². The lowest BCUT2D eigenvalue weighted by Crippen LogP contribution is -1.97. The molecule has 0 aliphatic heterocycles. The standard InChI is InChI=1S/C13H9Cl2N3S/c14-11-5-9(4-8-2-1-3-16-12(8)11)17-6-10-7-18-13(15)19-10/h1-5,7,17H,6H2. The van der Waals surface area contributed by atoms with Crippen LogP contribution in [-0.4, -0.2) is 9.97 Å². The first-order chi connectivity index (χ1) is 9.22. The molecule has 3 nitrogen and oxygen atoms in total. The Morgan fingerprint density at radius 1 is 1.21 bits per heavy atom. The van der Waals surface area contributed by atoms with Gasteiger partial charge < -0.3 is 5.32 Å². The van der Waals surface area contributed by atoms with Crippen LogP contribution in [0, 0.1) is 0 Å². The predicted octanol–water partition coefficient (Wildman–Crippen LogP) is 4.61. The van der Waals surface area contributed by atoms with Crippen LogP contribution in [0.5, 0.6) is 0 Å². The Balaban J connectivity index is 1.85. The van der Waals surface area contributed by atoms with E-state index >= 15 is 0 Å². The second-order valence-electron chi connectivity index (χ2n) is 3.97. The highest BCUT2D eigenvalue weighted by atomic mass is 35.5. The van der Waals surface area contributed by atoms with Gasteiger partial charge in [-0.1, -0.05) is 29.3 Å². The molecule has 3 rings (SSSR count). The first-order valence-electron chi connectivity index (χ1n) is 5.61. The van der Waals surface area contributed by atoms with Crippen LogP contribution in [0.4, 0.5) is 5.69 Å². The summed E-state index contributed by atoms with van der Waals surface area (Å²) in [6, 6.07) is 7.78. The lowest BCUT2D eigenvalue weighted by molar-refractivity contribution is 1.18. The number of hydrogen-bond acceptors (Lipinski definition) is 4. The van der Waals surface area contributed by atoms with Crippen molar-refractivity contribution in [2.75, 3.05) is 5.32 Å². The van der Waals surface area contributed by atoms with E-state index in [9.17, 15) is 0 Å². The minimum Gasteiger partial charge on any atom is -0.380 e. The fourth-order valence-electron chi connectivity index (χ4n) is 1.80. The van der Waals surface area contributed by atoms with Crippen molar-refractivity contribution in [3.8, 4) is 0 Å². The fourth-order valence-corrected chi connectivity index (χ4v) is 3.00. The van der Waals surface area contributed by atoms with Crippen molar-refractivity contribution < 1.29 is 0 Å². The third-order valence-electron chi connectivity index (χ3n) is 2.65. The van der Waals surface area contributed by atoms with Gasteiger partial charge in [-0.2, -0.15) is 0 Å². The predicted molar refractivity (Wildman–Crippen MR) is 81.2 cm³/mol. The molecule has 1 N–H and O–H groups in total. The van der Waals surface area contributed by atoms with Crippen molar-refractivity contribution in [2.45, 2.75) is 6.54 Å². The molecule has 2 aromatic heterocycles. The molecule has 19 heavy (non-hydrogen) atoms. The van der Waals surface area contributed by atoms with Gasteiger partial charge in [0, 0.05) is 28.3 Å². The van der Waals surface area contributed by atoms with Crippen molar-refractivity contribution in [2.24, 2.45) is 0 Å². The van der Waals surface area contributed by atoms with Gasteiger partial charge in [-0.05, 0) is 18.2 Å². The number of anilines is 1. The molecule has 0 aliphatic rings. The van der Waals surface area contributed by atoms with Crippen LogP contribution in [0.3, 0.4) is 0 Å². The van der Waals surface area contributed by atoms with E-state index in [1.807, 2.05) is 24.3 Å². The molecule has 0 bridgehead atoms. The SMILES string of the molecule is Clc1ncc(CNc2cc(Cl)c3ncccc3c2)s1. The van der Waals surface area contributed by atoms with E-state index in [0.29, 0.717) is 16.0 Å². The van der Waals surface area contributed by atoms with Crippen LogP contribution in [0.15, 0.2) is 36.7 Å². The number of pyridine rings is 1. The molecule has 0 saturated heterocycles. The smallest absolute Gasteiger partial charge is 0.183 e. The van der Waals surface area contributed by atoms with E-state index in [1.165, 1.54) is 11.3 Å². The zero-order valence-electron chi connectivity index (χ0n) is 9.73. The van der Waals surface area contributed by atoms with E-state index in [4.69, 9.17) is 23.2 Å². The van der Waals surface area contributed by atoms with Crippen LogP contribution in [0.25, 0.3) is 10.9 Å². The molecule has 1 aromatic carbocycles. The fraction of sp³-hybridized carbons (Fsp3) is 0.0769. The van der Waals surface area contributed by atoms with E-state index < -0.39 is 0 Å². The molecule has 0 amide bonds. The van der Waals surface area contributed by atoms with E-state index in [1.54, 1.807) is 12.4 Å². The van der Waals surface area contributed by atoms with E-state index in [2.05, 4.69) is 15.3 Å². The Kier molecular flexibility index (Phi) is 3.55. The first-order valence-corrected chi connectivity index (χ1v) is 7.18. The van der Waals surface area contributed by atoms with Crippen LogP contribution < -0.4 is 5.32 Å². The maximum atomic E-state index is 6.21. The summed E-state index contributed by atoms with van der Waals surface area (Å²) in [5.41, 5.74) is 1.77. The topological polar surface area (TPSA) is 37.8 Å². The average molecular weight is 310 g/mol. The highest BCUT2D eigenvalue weighted by Gasteiger charge is 2.04. The molecule has 96 valence electrons. The minimum atomic E-state index is 0.553. The maximum Gasteiger partial charge on any atom is 0.183 e. The minimum absolute atomic E-state index is 0.553. The lowest BCUT2D eigenvalue weighted by Gasteiger charge is -2.07. The number of hydrogen-bond donors (Lipinski definition) is 1. The average Bonchev–Trinajstić information content (AvgIpc) is 2.82. The summed E-state index contributed by atoms with van der Waals surface area (Å²) in [6.45, 7) is 0.673. The largest absolute Gasteiger partial charge is 0.380 e. The Hall–Kier alpha value is -1.36. The summed E-state index contributed by atoms with van der Waals surface area (Å²) in [7, 11) is 0. The molecule has 0 unspecified atom stereocenters. The van der Waals surface area contributed by atoms with Crippen LogP contribution >= 0.6 is 34.5 Å². The Labute approximate surface area is 124 Å². The molecular weight excluding hydrogens is 301 g/mol. The van der Waals surface area contributed by atoms with Crippen LogP contribution in [-0.2, 0) is 6.54 Å². The van der Waals surface area contributed by atoms with Gasteiger partial charge in [0.25, 0.3) is 0 Å². The third kappa shape index (κ3) is 2.81. The second-order valence-corrected chi connectivity index (χ2v) is 6.07. The number of nitrogens with zero attached hydrogens (tertiary/aromatic N) is 2. The molecule has 0 saturated carbocycles. The molecule has 0 radical (unpaired) electrons. The summed E-state index contributed by atoms with van der Waals surface area (Å²) in [4.78, 5) is 9.34. The van der Waals surface area contributed by atoms with Crippen molar-refractivity contribution in [1.82, 2.24) is 9.97 Å². The monoisotopic (exact) mass is 309 g/mol. The molecule has 0 fully saturated rings. The van der Waals surface area contributed by atoms with Crippen molar-refractivity contribution in [1.29, 1.82) is 0 Å². The zero-order valence-corrected chi connectivity index (χ0v) is 12.1. The maximum absolute atomic E-state index is 6.21. The number of rotatable bonds is 3. The Bertz CT molecular complexity index is 727. The molecular formula is C13H9Cl2N3S. The zero-order chi connectivity index (χ0) is 13.2. The summed E-state index contributed by atoms with van der Waals surface area (Å²) in [5.74, 6) is 0. The molecule has 2 heterocycles. The van der Waals surface area contributed by atoms with Gasteiger partial charge in [0.05, 0.1) is 17.1 Å². The molecule has 3 aromatic rings. The molecule has 6 heteroatoms. The van der Waals surface area contributed by atoms with Crippen LogP contribution in [0.1, 0.15) is 4.88 Å². The lowest BCUT2D eigenvalue weighted by atomic mass is 10.2. The highest BCUT2D eigenvalue weighted by Crippen LogP contribution is 2.27. The Morgan fingerprint density at radius 2 is 2.11 bits per heavy atom. The van der Waals surface area contributed by atoms with E-state index in [0.717, 1.165) is 21.5 Å². The Morgan fingerprint density at radius 3 is 2.89 bits per heavy atom. The van der Waals surface area contributed by atoms with Crippen molar-refractivity contribution in [3.05, 3.63) is 51.0 Å². The summed E-state index contributed by atoms with van der Waals surface area (Å²) < 4.78 is 0.553. The second kappa shape index (κ2) is 5.33. The van der Waals surface area contributed by atoms with Crippen molar-refractivity contribution in [3.63, 3.8) is 0 Å². The quantitative estimate of drug-likeness (QED) is 0.767. The van der Waals surface area contributed by atoms with Crippen molar-refractivity contribution >= 4 is 51.1 Å². The summed E-state index contributed by atoms with van der Waals surface area (Å²) >= 11 is 13.5. The van der Waals surface area contributed by atoms with Gasteiger partial charge in [-0.3, -0.25) is 4.98 Å². The van der Waals surface area contributed by atoms with Gasteiger partial charge in [0.15, 0.2) is 4.47 Å². The number of thiazole rings is 1. The highest BCUT2D eigenvalue weighted by molar-refractivity contribution is 7.15. The van der Waals surface area contributed by atoms with Gasteiger partial charge in [0.2, 0.25) is 0 Å².